The summed E-state index contributed by atoms with van der Waals surface area (Å²) in [4.78, 5) is 24.4. The molecule has 144 valence electrons. The standard InChI is InChI=1S/C19H20FNO5S/c1-12-5-7-14(8-6-12)18(22)13(2)26-19(23)16-11-15(9-10-17(16)20)27(24,25)21(3)4/h5-11,13H,1-4H3/t13-/m1/s1. The first-order valence-electron chi connectivity index (χ1n) is 8.08. The van der Waals surface area contributed by atoms with Crippen molar-refractivity contribution >= 4 is 21.8 Å². The molecule has 2 rings (SSSR count). The molecule has 6 nitrogen and oxygen atoms in total. The van der Waals surface area contributed by atoms with Crippen LogP contribution in [0.25, 0.3) is 0 Å². The van der Waals surface area contributed by atoms with Crippen molar-refractivity contribution in [2.45, 2.75) is 24.8 Å². The molecule has 0 aliphatic rings. The molecule has 0 N–H and O–H groups in total. The molecule has 0 unspecified atom stereocenters. The van der Waals surface area contributed by atoms with Crippen molar-refractivity contribution < 1.29 is 27.1 Å². The smallest absolute Gasteiger partial charge is 0.341 e. The van der Waals surface area contributed by atoms with Gasteiger partial charge in [0.25, 0.3) is 0 Å². The number of carbonyl (C=O) groups is 2. The Morgan fingerprint density at radius 3 is 2.22 bits per heavy atom. The van der Waals surface area contributed by atoms with Crippen LogP contribution in [0.15, 0.2) is 47.4 Å². The van der Waals surface area contributed by atoms with Gasteiger partial charge in [0, 0.05) is 19.7 Å². The molecule has 0 saturated heterocycles. The highest BCUT2D eigenvalue weighted by molar-refractivity contribution is 7.89. The molecule has 8 heteroatoms. The van der Waals surface area contributed by atoms with Crippen molar-refractivity contribution in [3.8, 4) is 0 Å². The van der Waals surface area contributed by atoms with Crippen LogP contribution in [0, 0.1) is 12.7 Å². The third-order valence-corrected chi connectivity index (χ3v) is 5.74. The van der Waals surface area contributed by atoms with Crippen LogP contribution in [0.1, 0.15) is 33.2 Å². The predicted octanol–water partition coefficient (Wildman–Crippen LogP) is 2.81. The zero-order valence-corrected chi connectivity index (χ0v) is 16.2. The summed E-state index contributed by atoms with van der Waals surface area (Å²) in [5.41, 5.74) is 0.768. The van der Waals surface area contributed by atoms with Crippen molar-refractivity contribution in [1.82, 2.24) is 4.31 Å². The molecule has 0 heterocycles. The molecule has 0 spiro atoms. The number of rotatable bonds is 6. The molecule has 1 atom stereocenters. The van der Waals surface area contributed by atoms with E-state index in [9.17, 15) is 22.4 Å². The molecule has 0 bridgehead atoms. The number of hydrogen-bond acceptors (Lipinski definition) is 5. The van der Waals surface area contributed by atoms with E-state index in [4.69, 9.17) is 4.74 Å². The Labute approximate surface area is 157 Å². The average Bonchev–Trinajstić information content (AvgIpc) is 2.61. The van der Waals surface area contributed by atoms with Crippen LogP contribution in [0.4, 0.5) is 4.39 Å². The Balaban J connectivity index is 2.25. The summed E-state index contributed by atoms with van der Waals surface area (Å²) < 4.78 is 44.3. The molecule has 0 aromatic heterocycles. The van der Waals surface area contributed by atoms with Gasteiger partial charge in [-0.1, -0.05) is 29.8 Å². The second-order valence-electron chi connectivity index (χ2n) is 6.21. The first kappa shape index (κ1) is 20.7. The predicted molar refractivity (Wildman–Crippen MR) is 97.7 cm³/mol. The fourth-order valence-corrected chi connectivity index (χ4v) is 3.19. The zero-order chi connectivity index (χ0) is 20.4. The van der Waals surface area contributed by atoms with Gasteiger partial charge in [0.15, 0.2) is 6.10 Å². The number of ketones is 1. The minimum absolute atomic E-state index is 0.252. The first-order chi connectivity index (χ1) is 12.5. The number of aryl methyl sites for hydroxylation is 1. The topological polar surface area (TPSA) is 80.8 Å². The average molecular weight is 393 g/mol. The largest absolute Gasteiger partial charge is 0.451 e. The van der Waals surface area contributed by atoms with Crippen molar-refractivity contribution in [1.29, 1.82) is 0 Å². The van der Waals surface area contributed by atoms with Gasteiger partial charge in [-0.3, -0.25) is 4.79 Å². The Morgan fingerprint density at radius 2 is 1.67 bits per heavy atom. The highest BCUT2D eigenvalue weighted by Crippen LogP contribution is 2.19. The van der Waals surface area contributed by atoms with E-state index < -0.39 is 39.3 Å². The molecule has 2 aromatic rings. The highest BCUT2D eigenvalue weighted by Gasteiger charge is 2.25. The third-order valence-electron chi connectivity index (χ3n) is 3.93. The molecule has 27 heavy (non-hydrogen) atoms. The molecule has 0 saturated carbocycles. The molecule has 0 amide bonds. The zero-order valence-electron chi connectivity index (χ0n) is 15.4. The maximum Gasteiger partial charge on any atom is 0.341 e. The monoisotopic (exact) mass is 393 g/mol. The fourth-order valence-electron chi connectivity index (χ4n) is 2.26. The number of hydrogen-bond donors (Lipinski definition) is 0. The number of ether oxygens (including phenoxy) is 1. The quantitative estimate of drug-likeness (QED) is 0.557. The lowest BCUT2D eigenvalue weighted by Gasteiger charge is -2.15. The molecule has 0 fully saturated rings. The van der Waals surface area contributed by atoms with Crippen LogP contribution >= 0.6 is 0 Å². The van der Waals surface area contributed by atoms with E-state index in [0.717, 1.165) is 28.1 Å². The Hall–Kier alpha value is -2.58. The van der Waals surface area contributed by atoms with Gasteiger partial charge >= 0.3 is 5.97 Å². The van der Waals surface area contributed by atoms with Gasteiger partial charge < -0.3 is 4.74 Å². The maximum absolute atomic E-state index is 14.0. The van der Waals surface area contributed by atoms with E-state index in [1.165, 1.54) is 21.0 Å². The van der Waals surface area contributed by atoms with Crippen LogP contribution in [0.5, 0.6) is 0 Å². The second-order valence-corrected chi connectivity index (χ2v) is 8.36. The Bertz CT molecular complexity index is 968. The second kappa shape index (κ2) is 7.98. The van der Waals surface area contributed by atoms with Gasteiger partial charge in [-0.25, -0.2) is 21.9 Å². The van der Waals surface area contributed by atoms with Crippen LogP contribution < -0.4 is 0 Å². The van der Waals surface area contributed by atoms with Crippen molar-refractivity contribution in [2.24, 2.45) is 0 Å². The highest BCUT2D eigenvalue weighted by atomic mass is 32.2. The minimum Gasteiger partial charge on any atom is -0.451 e. The summed E-state index contributed by atoms with van der Waals surface area (Å²) >= 11 is 0. The van der Waals surface area contributed by atoms with Crippen molar-refractivity contribution in [3.05, 3.63) is 65.0 Å². The van der Waals surface area contributed by atoms with Crippen molar-refractivity contribution in [3.63, 3.8) is 0 Å². The number of halogens is 1. The Morgan fingerprint density at radius 1 is 1.07 bits per heavy atom. The fraction of sp³-hybridized carbons (Fsp3) is 0.263. The summed E-state index contributed by atoms with van der Waals surface area (Å²) in [5, 5.41) is 0. The number of nitrogens with zero attached hydrogens (tertiary/aromatic N) is 1. The lowest BCUT2D eigenvalue weighted by Crippen LogP contribution is -2.26. The van der Waals surface area contributed by atoms with E-state index >= 15 is 0 Å². The SMILES string of the molecule is Cc1ccc(C(=O)[C@@H](C)OC(=O)c2cc(S(=O)(=O)N(C)C)ccc2F)cc1. The number of carbonyl (C=O) groups excluding carboxylic acids is 2. The first-order valence-corrected chi connectivity index (χ1v) is 9.52. The van der Waals surface area contributed by atoms with Crippen LogP contribution in [-0.4, -0.2) is 44.7 Å². The van der Waals surface area contributed by atoms with E-state index in [1.54, 1.807) is 24.3 Å². The third kappa shape index (κ3) is 4.58. The molecule has 2 aromatic carbocycles. The normalized spacial score (nSPS) is 12.7. The lowest BCUT2D eigenvalue weighted by atomic mass is 10.1. The number of Topliss-reactive ketones (excluding diaryl/α,β-unsaturated/α-hetero) is 1. The van der Waals surface area contributed by atoms with Crippen LogP contribution in [0.2, 0.25) is 0 Å². The van der Waals surface area contributed by atoms with E-state index in [2.05, 4.69) is 0 Å². The Kier molecular flexibility index (Phi) is 6.12. The van der Waals surface area contributed by atoms with Crippen LogP contribution in [0.3, 0.4) is 0 Å². The van der Waals surface area contributed by atoms with E-state index in [-0.39, 0.29) is 4.90 Å². The number of esters is 1. The molecule has 0 aliphatic heterocycles. The summed E-state index contributed by atoms with van der Waals surface area (Å²) in [5.74, 6) is -2.50. The summed E-state index contributed by atoms with van der Waals surface area (Å²) in [7, 11) is -1.21. The minimum atomic E-state index is -3.85. The molecular formula is C19H20FNO5S. The van der Waals surface area contributed by atoms with Gasteiger partial charge in [0.05, 0.1) is 10.5 Å². The molecular weight excluding hydrogens is 373 g/mol. The number of sulfonamides is 1. The van der Waals surface area contributed by atoms with Gasteiger partial charge in [-0.2, -0.15) is 0 Å². The molecule has 0 radical (unpaired) electrons. The summed E-state index contributed by atoms with van der Waals surface area (Å²) in [6.45, 7) is 3.24. The van der Waals surface area contributed by atoms with E-state index in [0.29, 0.717) is 5.56 Å². The van der Waals surface area contributed by atoms with E-state index in [1.807, 2.05) is 6.92 Å². The van der Waals surface area contributed by atoms with Crippen LogP contribution in [-0.2, 0) is 14.8 Å². The van der Waals surface area contributed by atoms with Crippen molar-refractivity contribution in [2.75, 3.05) is 14.1 Å². The van der Waals surface area contributed by atoms with Gasteiger partial charge in [0.2, 0.25) is 15.8 Å². The summed E-state index contributed by atoms with van der Waals surface area (Å²) in [6, 6.07) is 9.53. The van der Waals surface area contributed by atoms with Gasteiger partial charge in [-0.05, 0) is 32.0 Å². The summed E-state index contributed by atoms with van der Waals surface area (Å²) in [6.07, 6.45) is -1.16. The molecule has 0 aliphatic carbocycles. The maximum atomic E-state index is 14.0. The number of benzene rings is 2. The van der Waals surface area contributed by atoms with Gasteiger partial charge in [-0.15, -0.1) is 0 Å². The van der Waals surface area contributed by atoms with Gasteiger partial charge in [0.1, 0.15) is 5.82 Å². The lowest BCUT2D eigenvalue weighted by molar-refractivity contribution is 0.0314.